The third-order valence-corrected chi connectivity index (χ3v) is 4.70. The summed E-state index contributed by atoms with van der Waals surface area (Å²) in [4.78, 5) is 49.6. The van der Waals surface area contributed by atoms with Crippen molar-refractivity contribution in [1.29, 1.82) is 0 Å². The number of epoxide rings is 1. The second kappa shape index (κ2) is 13.9. The second-order valence-corrected chi connectivity index (χ2v) is 9.89. The van der Waals surface area contributed by atoms with Crippen LogP contribution in [0.5, 0.6) is 0 Å². The normalized spacial score (nSPS) is 18.2. The zero-order valence-corrected chi connectivity index (χ0v) is 22.0. The summed E-state index contributed by atoms with van der Waals surface area (Å²) in [7, 11) is 1.38. The van der Waals surface area contributed by atoms with Crippen molar-refractivity contribution in [3.05, 3.63) is 17.5 Å². The van der Waals surface area contributed by atoms with Crippen LogP contribution in [0.4, 0.5) is 0 Å². The molecule has 35 heavy (non-hydrogen) atoms. The summed E-state index contributed by atoms with van der Waals surface area (Å²) >= 11 is 0. The highest BCUT2D eigenvalue weighted by atomic mass is 16.6. The van der Waals surface area contributed by atoms with E-state index in [2.05, 4.69) is 41.9 Å². The molecule has 11 heteroatoms. The second-order valence-electron chi connectivity index (χ2n) is 9.89. The smallest absolute Gasteiger partial charge is 0.274 e. The highest BCUT2D eigenvalue weighted by Gasteiger charge is 2.50. The predicted octanol–water partition coefficient (Wildman–Crippen LogP) is 1.40. The van der Waals surface area contributed by atoms with Gasteiger partial charge in [-0.3, -0.25) is 19.2 Å². The molecule has 2 heterocycles. The number of hydrogen-bond donors (Lipinski definition) is 3. The van der Waals surface area contributed by atoms with Gasteiger partial charge >= 0.3 is 0 Å². The molecule has 0 aromatic carbocycles. The SMILES string of the molecule is CC(C)C.COC[C@H](NC(=O)c1cc(C)on1)C(=O)NCC(=O)N[C@@H](CC(C)C)C(=O)[C@@]1(C)CO1. The molecule has 1 aromatic heterocycles. The van der Waals surface area contributed by atoms with Gasteiger partial charge in [0.15, 0.2) is 11.5 Å². The van der Waals surface area contributed by atoms with Gasteiger partial charge in [-0.25, -0.2) is 0 Å². The lowest BCUT2D eigenvalue weighted by Gasteiger charge is -2.22. The summed E-state index contributed by atoms with van der Waals surface area (Å²) in [5, 5.41) is 11.2. The number of hydrogen-bond acceptors (Lipinski definition) is 8. The zero-order chi connectivity index (χ0) is 26.8. The van der Waals surface area contributed by atoms with E-state index in [1.54, 1.807) is 13.8 Å². The fraction of sp³-hybridized carbons (Fsp3) is 0.708. The summed E-state index contributed by atoms with van der Waals surface area (Å²) in [6.45, 7) is 13.6. The van der Waals surface area contributed by atoms with E-state index in [1.165, 1.54) is 13.2 Å². The first-order chi connectivity index (χ1) is 16.3. The van der Waals surface area contributed by atoms with Crippen molar-refractivity contribution in [3.63, 3.8) is 0 Å². The van der Waals surface area contributed by atoms with Gasteiger partial charge in [0, 0.05) is 13.2 Å². The van der Waals surface area contributed by atoms with Crippen LogP contribution in [-0.4, -0.2) is 73.2 Å². The first-order valence-electron chi connectivity index (χ1n) is 11.8. The van der Waals surface area contributed by atoms with Crippen LogP contribution >= 0.6 is 0 Å². The van der Waals surface area contributed by atoms with Crippen LogP contribution in [-0.2, 0) is 23.9 Å². The van der Waals surface area contributed by atoms with E-state index in [-0.39, 0.29) is 30.5 Å². The highest BCUT2D eigenvalue weighted by molar-refractivity contribution is 5.98. The average molecular weight is 497 g/mol. The Kier molecular flexibility index (Phi) is 12.0. The average Bonchev–Trinajstić information content (AvgIpc) is 3.36. The third kappa shape index (κ3) is 11.0. The molecule has 1 saturated heterocycles. The Hall–Kier alpha value is -2.79. The quantitative estimate of drug-likeness (QED) is 0.367. The zero-order valence-electron chi connectivity index (χ0n) is 22.0. The number of methoxy groups -OCH3 is 1. The topological polar surface area (TPSA) is 152 Å². The molecule has 3 amide bonds. The van der Waals surface area contributed by atoms with Crippen molar-refractivity contribution in [1.82, 2.24) is 21.1 Å². The number of Topliss-reactive ketones (excluding diaryl/α,β-unsaturated/α-hetero) is 1. The molecule has 0 saturated carbocycles. The molecule has 0 spiro atoms. The number of nitrogens with one attached hydrogen (secondary N) is 3. The molecule has 2 rings (SSSR count). The van der Waals surface area contributed by atoms with Gasteiger partial charge in [0.25, 0.3) is 5.91 Å². The molecular weight excluding hydrogens is 456 g/mol. The summed E-state index contributed by atoms with van der Waals surface area (Å²) < 4.78 is 15.0. The van der Waals surface area contributed by atoms with Gasteiger partial charge in [0.05, 0.1) is 25.8 Å². The molecule has 1 aliphatic rings. The Morgan fingerprint density at radius 1 is 1.11 bits per heavy atom. The molecule has 0 aliphatic carbocycles. The van der Waals surface area contributed by atoms with E-state index in [9.17, 15) is 19.2 Å². The third-order valence-electron chi connectivity index (χ3n) is 4.70. The van der Waals surface area contributed by atoms with Crippen molar-refractivity contribution in [2.45, 2.75) is 72.6 Å². The molecule has 198 valence electrons. The molecule has 3 N–H and O–H groups in total. The van der Waals surface area contributed by atoms with E-state index in [0.717, 1.165) is 5.92 Å². The minimum atomic E-state index is -1.05. The number of ketones is 1. The van der Waals surface area contributed by atoms with Crippen LogP contribution < -0.4 is 16.0 Å². The molecule has 1 aliphatic heterocycles. The van der Waals surface area contributed by atoms with Gasteiger partial charge in [-0.05, 0) is 32.1 Å². The lowest BCUT2D eigenvalue weighted by molar-refractivity contribution is -0.131. The molecule has 1 fully saturated rings. The first kappa shape index (κ1) is 30.2. The Morgan fingerprint density at radius 2 is 1.71 bits per heavy atom. The highest BCUT2D eigenvalue weighted by Crippen LogP contribution is 2.29. The van der Waals surface area contributed by atoms with Crippen LogP contribution in [0.2, 0.25) is 0 Å². The Labute approximate surface area is 207 Å². The first-order valence-corrected chi connectivity index (χ1v) is 11.8. The molecule has 3 atom stereocenters. The molecule has 11 nitrogen and oxygen atoms in total. The molecule has 1 aromatic rings. The largest absolute Gasteiger partial charge is 0.382 e. The number of aryl methyl sites for hydroxylation is 1. The van der Waals surface area contributed by atoms with Crippen LogP contribution in [0.1, 0.15) is 64.2 Å². The van der Waals surface area contributed by atoms with Gasteiger partial charge < -0.3 is 29.9 Å². The van der Waals surface area contributed by atoms with Crippen molar-refractivity contribution in [2.24, 2.45) is 11.8 Å². The van der Waals surface area contributed by atoms with E-state index in [0.29, 0.717) is 18.8 Å². The Bertz CT molecular complexity index is 859. The number of nitrogens with zero attached hydrogens (tertiary/aromatic N) is 1. The Balaban J connectivity index is 0.00000142. The number of rotatable bonds is 12. The fourth-order valence-corrected chi connectivity index (χ4v) is 2.91. The number of amides is 3. The molecule has 0 unspecified atom stereocenters. The van der Waals surface area contributed by atoms with Gasteiger partial charge in [-0.15, -0.1) is 0 Å². The molecular formula is C24H40N4O7. The van der Waals surface area contributed by atoms with E-state index in [4.69, 9.17) is 14.0 Å². The fourth-order valence-electron chi connectivity index (χ4n) is 2.91. The predicted molar refractivity (Wildman–Crippen MR) is 129 cm³/mol. The van der Waals surface area contributed by atoms with Gasteiger partial charge in [0.2, 0.25) is 11.8 Å². The molecule has 0 bridgehead atoms. The maximum absolute atomic E-state index is 12.6. The minimum absolute atomic E-state index is 0.0231. The number of ether oxygens (including phenoxy) is 2. The summed E-state index contributed by atoms with van der Waals surface area (Å²) in [5.41, 5.74) is -0.835. The van der Waals surface area contributed by atoms with E-state index in [1.807, 2.05) is 13.8 Å². The van der Waals surface area contributed by atoms with Crippen LogP contribution in [0, 0.1) is 18.8 Å². The lowest BCUT2D eigenvalue weighted by Crippen LogP contribution is -2.53. The van der Waals surface area contributed by atoms with Crippen molar-refractivity contribution >= 4 is 23.5 Å². The van der Waals surface area contributed by atoms with Crippen molar-refractivity contribution in [3.8, 4) is 0 Å². The van der Waals surface area contributed by atoms with Crippen molar-refractivity contribution in [2.75, 3.05) is 26.9 Å². The van der Waals surface area contributed by atoms with Crippen LogP contribution in [0.15, 0.2) is 10.6 Å². The van der Waals surface area contributed by atoms with Crippen LogP contribution in [0.25, 0.3) is 0 Å². The summed E-state index contributed by atoms with van der Waals surface area (Å²) in [6.07, 6.45) is 0.455. The maximum atomic E-state index is 12.6. The lowest BCUT2D eigenvalue weighted by atomic mass is 9.93. The van der Waals surface area contributed by atoms with E-state index < -0.39 is 35.4 Å². The molecule has 0 radical (unpaired) electrons. The monoisotopic (exact) mass is 496 g/mol. The van der Waals surface area contributed by atoms with Gasteiger partial charge in [-0.1, -0.05) is 39.8 Å². The van der Waals surface area contributed by atoms with Gasteiger partial charge in [0.1, 0.15) is 17.4 Å². The number of aromatic nitrogens is 1. The minimum Gasteiger partial charge on any atom is -0.382 e. The maximum Gasteiger partial charge on any atom is 0.274 e. The van der Waals surface area contributed by atoms with Gasteiger partial charge in [-0.2, -0.15) is 0 Å². The Morgan fingerprint density at radius 3 is 2.17 bits per heavy atom. The number of carbonyl (C=O) groups excluding carboxylic acids is 4. The van der Waals surface area contributed by atoms with Crippen molar-refractivity contribution < 1.29 is 33.2 Å². The number of carbonyl (C=O) groups is 4. The summed E-state index contributed by atoms with van der Waals surface area (Å²) in [5.74, 6) is -0.480. The van der Waals surface area contributed by atoms with E-state index >= 15 is 0 Å². The van der Waals surface area contributed by atoms with Crippen LogP contribution in [0.3, 0.4) is 0 Å². The summed E-state index contributed by atoms with van der Waals surface area (Å²) in [6, 6.07) is -0.323. The standard InChI is InChI=1S/C20H30N4O7.C4H10/c1-11(2)6-13(17(26)20(4)10-30-20)22-16(25)8-21-18(27)15(9-29-5)23-19(28)14-7-12(3)31-24-14;1-4(2)3/h7,11,13,15H,6,8-10H2,1-5H3,(H,21,27)(H,22,25)(H,23,28);4H,1-3H3/t13-,15-,20+;/m0./s1.